The third kappa shape index (κ3) is 4.44. The number of nitrogens with two attached hydrogens (primary N) is 1. The van der Waals surface area contributed by atoms with Crippen LogP contribution < -0.4 is 10.5 Å². The lowest BCUT2D eigenvalue weighted by molar-refractivity contribution is 0.0804. The van der Waals surface area contributed by atoms with E-state index in [1.165, 1.54) is 0 Å². The van der Waals surface area contributed by atoms with Crippen molar-refractivity contribution in [2.45, 2.75) is 20.8 Å². The van der Waals surface area contributed by atoms with Crippen LogP contribution in [0.2, 0.25) is 0 Å². The van der Waals surface area contributed by atoms with E-state index in [-0.39, 0.29) is 5.95 Å². The first-order valence-electron chi connectivity index (χ1n) is 5.39. The van der Waals surface area contributed by atoms with Crippen LogP contribution in [0.25, 0.3) is 0 Å². The van der Waals surface area contributed by atoms with Crippen LogP contribution in [0.15, 0.2) is 6.20 Å². The summed E-state index contributed by atoms with van der Waals surface area (Å²) in [5, 5.41) is 0. The van der Waals surface area contributed by atoms with Crippen molar-refractivity contribution in [2.24, 2.45) is 5.92 Å². The van der Waals surface area contributed by atoms with Gasteiger partial charge in [0.2, 0.25) is 11.8 Å². The smallest absolute Gasteiger partial charge is 0.223 e. The summed E-state index contributed by atoms with van der Waals surface area (Å²) in [7, 11) is 0. The van der Waals surface area contributed by atoms with Crippen LogP contribution >= 0.6 is 0 Å². The summed E-state index contributed by atoms with van der Waals surface area (Å²) in [5.74, 6) is 1.29. The predicted octanol–water partition coefficient (Wildman–Crippen LogP) is 1.42. The van der Waals surface area contributed by atoms with Crippen molar-refractivity contribution in [1.29, 1.82) is 0 Å². The van der Waals surface area contributed by atoms with Crippen molar-refractivity contribution in [3.63, 3.8) is 0 Å². The van der Waals surface area contributed by atoms with Crippen LogP contribution in [-0.2, 0) is 4.74 Å². The average molecular weight is 225 g/mol. The molecule has 1 rings (SSSR count). The molecule has 0 amide bonds. The van der Waals surface area contributed by atoms with Crippen LogP contribution in [0, 0.1) is 12.8 Å². The summed E-state index contributed by atoms with van der Waals surface area (Å²) in [4.78, 5) is 7.86. The second kappa shape index (κ2) is 6.27. The highest BCUT2D eigenvalue weighted by molar-refractivity contribution is 5.28. The van der Waals surface area contributed by atoms with Gasteiger partial charge in [0, 0.05) is 18.4 Å². The fourth-order valence-electron chi connectivity index (χ4n) is 1.10. The number of nitrogen functional groups attached to an aromatic ring is 1. The Morgan fingerprint density at radius 1 is 1.38 bits per heavy atom. The maximum atomic E-state index is 5.46. The van der Waals surface area contributed by atoms with Gasteiger partial charge in [-0.15, -0.1) is 0 Å². The van der Waals surface area contributed by atoms with Gasteiger partial charge in [0.25, 0.3) is 0 Å². The zero-order valence-corrected chi connectivity index (χ0v) is 10.1. The first-order chi connectivity index (χ1) is 7.59. The lowest BCUT2D eigenvalue weighted by Gasteiger charge is -2.09. The van der Waals surface area contributed by atoms with Gasteiger partial charge in [-0.2, -0.15) is 4.98 Å². The van der Waals surface area contributed by atoms with E-state index in [1.807, 2.05) is 6.92 Å². The third-order valence-corrected chi connectivity index (χ3v) is 1.86. The summed E-state index contributed by atoms with van der Waals surface area (Å²) < 4.78 is 10.8. The van der Waals surface area contributed by atoms with Crippen molar-refractivity contribution in [3.05, 3.63) is 11.8 Å². The molecule has 1 aromatic rings. The minimum absolute atomic E-state index is 0.226. The number of ether oxygens (including phenoxy) is 2. The van der Waals surface area contributed by atoms with Crippen LogP contribution in [0.5, 0.6) is 5.88 Å². The van der Waals surface area contributed by atoms with Crippen LogP contribution in [0.4, 0.5) is 5.95 Å². The summed E-state index contributed by atoms with van der Waals surface area (Å²) in [6, 6.07) is 0. The lowest BCUT2D eigenvalue weighted by atomic mass is 10.2. The monoisotopic (exact) mass is 225 g/mol. The Kier molecular flexibility index (Phi) is 4.98. The van der Waals surface area contributed by atoms with Crippen molar-refractivity contribution in [3.8, 4) is 5.88 Å². The van der Waals surface area contributed by atoms with E-state index < -0.39 is 0 Å². The average Bonchev–Trinajstić information content (AvgIpc) is 2.22. The molecular weight excluding hydrogens is 206 g/mol. The van der Waals surface area contributed by atoms with Crippen LogP contribution in [-0.4, -0.2) is 29.8 Å². The Balaban J connectivity index is 2.29. The number of rotatable bonds is 6. The minimum Gasteiger partial charge on any atom is -0.475 e. The Morgan fingerprint density at radius 3 is 2.81 bits per heavy atom. The summed E-state index contributed by atoms with van der Waals surface area (Å²) in [6.45, 7) is 7.87. The second-order valence-electron chi connectivity index (χ2n) is 4.03. The SMILES string of the molecule is Cc1cnc(N)nc1OCCOCC(C)C. The van der Waals surface area contributed by atoms with E-state index in [4.69, 9.17) is 15.2 Å². The van der Waals surface area contributed by atoms with Gasteiger partial charge in [-0.05, 0) is 12.8 Å². The number of aromatic nitrogens is 2. The number of aryl methyl sites for hydroxylation is 1. The molecule has 90 valence electrons. The van der Waals surface area contributed by atoms with E-state index in [0.717, 1.165) is 12.2 Å². The number of hydrogen-bond acceptors (Lipinski definition) is 5. The topological polar surface area (TPSA) is 70.3 Å². The quantitative estimate of drug-likeness (QED) is 0.741. The highest BCUT2D eigenvalue weighted by atomic mass is 16.5. The van der Waals surface area contributed by atoms with Crippen LogP contribution in [0.1, 0.15) is 19.4 Å². The molecule has 0 unspecified atom stereocenters. The molecule has 16 heavy (non-hydrogen) atoms. The molecule has 1 aromatic heterocycles. The van der Waals surface area contributed by atoms with Gasteiger partial charge in [-0.1, -0.05) is 13.8 Å². The highest BCUT2D eigenvalue weighted by Gasteiger charge is 2.02. The first kappa shape index (κ1) is 12.7. The molecule has 0 spiro atoms. The predicted molar refractivity (Wildman–Crippen MR) is 62.3 cm³/mol. The Bertz CT molecular complexity index is 329. The Hall–Kier alpha value is -1.36. The molecule has 0 aliphatic carbocycles. The number of anilines is 1. The number of nitrogens with zero attached hydrogens (tertiary/aromatic N) is 2. The lowest BCUT2D eigenvalue weighted by Crippen LogP contribution is -2.11. The summed E-state index contributed by atoms with van der Waals surface area (Å²) >= 11 is 0. The third-order valence-electron chi connectivity index (χ3n) is 1.86. The zero-order chi connectivity index (χ0) is 12.0. The van der Waals surface area contributed by atoms with E-state index >= 15 is 0 Å². The molecule has 0 saturated carbocycles. The van der Waals surface area contributed by atoms with Crippen molar-refractivity contribution < 1.29 is 9.47 Å². The summed E-state index contributed by atoms with van der Waals surface area (Å²) in [5.41, 5.74) is 6.34. The van der Waals surface area contributed by atoms with Gasteiger partial charge in [-0.25, -0.2) is 4.98 Å². The Morgan fingerprint density at radius 2 is 2.12 bits per heavy atom. The van der Waals surface area contributed by atoms with Crippen LogP contribution in [0.3, 0.4) is 0 Å². The van der Waals surface area contributed by atoms with Crippen molar-refractivity contribution >= 4 is 5.95 Å². The van der Waals surface area contributed by atoms with Gasteiger partial charge in [0.1, 0.15) is 6.61 Å². The van der Waals surface area contributed by atoms with Gasteiger partial charge in [0.05, 0.1) is 6.61 Å². The van der Waals surface area contributed by atoms with Gasteiger partial charge < -0.3 is 15.2 Å². The largest absolute Gasteiger partial charge is 0.475 e. The molecule has 0 saturated heterocycles. The molecule has 5 nitrogen and oxygen atoms in total. The van der Waals surface area contributed by atoms with Gasteiger partial charge in [-0.3, -0.25) is 0 Å². The highest BCUT2D eigenvalue weighted by Crippen LogP contribution is 2.13. The maximum Gasteiger partial charge on any atom is 0.223 e. The fourth-order valence-corrected chi connectivity index (χ4v) is 1.10. The standard InChI is InChI=1S/C11H19N3O2/c1-8(2)7-15-4-5-16-10-9(3)6-13-11(12)14-10/h6,8H,4-5,7H2,1-3H3,(H2,12,13,14). The van der Waals surface area contributed by atoms with Crippen molar-refractivity contribution in [2.75, 3.05) is 25.6 Å². The second-order valence-corrected chi connectivity index (χ2v) is 4.03. The molecule has 0 radical (unpaired) electrons. The molecule has 2 N–H and O–H groups in total. The molecule has 5 heteroatoms. The maximum absolute atomic E-state index is 5.46. The normalized spacial score (nSPS) is 10.8. The van der Waals surface area contributed by atoms with Gasteiger partial charge >= 0.3 is 0 Å². The van der Waals surface area contributed by atoms with E-state index in [9.17, 15) is 0 Å². The van der Waals surface area contributed by atoms with E-state index in [2.05, 4.69) is 23.8 Å². The van der Waals surface area contributed by atoms with E-state index in [1.54, 1.807) is 6.20 Å². The molecule has 0 aliphatic rings. The molecule has 0 bridgehead atoms. The number of hydrogen-bond donors (Lipinski definition) is 1. The Labute approximate surface area is 96.0 Å². The minimum atomic E-state index is 0.226. The van der Waals surface area contributed by atoms with Crippen molar-refractivity contribution in [1.82, 2.24) is 9.97 Å². The molecule has 0 aromatic carbocycles. The zero-order valence-electron chi connectivity index (χ0n) is 10.1. The first-order valence-corrected chi connectivity index (χ1v) is 5.39. The van der Waals surface area contributed by atoms with Gasteiger partial charge in [0.15, 0.2) is 0 Å². The summed E-state index contributed by atoms with van der Waals surface area (Å²) in [6.07, 6.45) is 1.65. The molecule has 0 aliphatic heterocycles. The molecule has 0 atom stereocenters. The molecular formula is C11H19N3O2. The fraction of sp³-hybridized carbons (Fsp3) is 0.636. The van der Waals surface area contributed by atoms with E-state index in [0.29, 0.717) is 25.0 Å². The molecule has 1 heterocycles. The molecule has 0 fully saturated rings.